The number of hydrogen-bond donors (Lipinski definition) is 1. The quantitative estimate of drug-likeness (QED) is 0.896. The first kappa shape index (κ1) is 12.6. The molecular weight excluding hydrogens is 226 g/mol. The maximum atomic E-state index is 6.29. The van der Waals surface area contributed by atoms with Gasteiger partial charge in [0.15, 0.2) is 0 Å². The molecular formula is C14H19N3O. The van der Waals surface area contributed by atoms with E-state index in [2.05, 4.69) is 18.1 Å². The molecule has 1 aromatic heterocycles. The first-order chi connectivity index (χ1) is 8.65. The molecule has 2 rings (SSSR count). The van der Waals surface area contributed by atoms with Crippen molar-refractivity contribution in [3.05, 3.63) is 47.3 Å². The van der Waals surface area contributed by atoms with Crippen molar-refractivity contribution < 1.29 is 4.74 Å². The fourth-order valence-electron chi connectivity index (χ4n) is 2.01. The third-order valence-electron chi connectivity index (χ3n) is 3.10. The minimum absolute atomic E-state index is 0.183. The normalized spacial score (nSPS) is 12.4. The highest BCUT2D eigenvalue weighted by atomic mass is 16.5. The van der Waals surface area contributed by atoms with Gasteiger partial charge in [0.1, 0.15) is 5.75 Å². The van der Waals surface area contributed by atoms with Gasteiger partial charge in [0.2, 0.25) is 0 Å². The molecule has 0 fully saturated rings. The van der Waals surface area contributed by atoms with E-state index in [-0.39, 0.29) is 6.04 Å². The van der Waals surface area contributed by atoms with Gasteiger partial charge in [0.25, 0.3) is 0 Å². The molecule has 96 valence electrons. The third-order valence-corrected chi connectivity index (χ3v) is 3.10. The van der Waals surface area contributed by atoms with Gasteiger partial charge in [-0.05, 0) is 30.2 Å². The lowest BCUT2D eigenvalue weighted by Crippen LogP contribution is -2.15. The number of benzene rings is 1. The van der Waals surface area contributed by atoms with Gasteiger partial charge < -0.3 is 10.5 Å². The maximum Gasteiger partial charge on any atom is 0.119 e. The lowest BCUT2D eigenvalue weighted by molar-refractivity contribution is 0.414. The average molecular weight is 245 g/mol. The summed E-state index contributed by atoms with van der Waals surface area (Å²) in [5, 5.41) is 4.42. The van der Waals surface area contributed by atoms with Crippen molar-refractivity contribution in [3.8, 4) is 5.75 Å². The Kier molecular flexibility index (Phi) is 3.67. The molecule has 0 amide bonds. The molecule has 1 unspecified atom stereocenters. The van der Waals surface area contributed by atoms with Crippen LogP contribution in [0.3, 0.4) is 0 Å². The largest absolute Gasteiger partial charge is 0.497 e. The number of rotatable bonds is 4. The molecule has 0 radical (unpaired) electrons. The summed E-state index contributed by atoms with van der Waals surface area (Å²) in [5.74, 6) is 0.820. The van der Waals surface area contributed by atoms with E-state index in [4.69, 9.17) is 10.5 Å². The summed E-state index contributed by atoms with van der Waals surface area (Å²) < 4.78 is 7.07. The van der Waals surface area contributed by atoms with Crippen molar-refractivity contribution >= 4 is 0 Å². The monoisotopic (exact) mass is 245 g/mol. The molecule has 0 aliphatic carbocycles. The van der Waals surface area contributed by atoms with Gasteiger partial charge in [0, 0.05) is 7.05 Å². The summed E-state index contributed by atoms with van der Waals surface area (Å²) >= 11 is 0. The van der Waals surface area contributed by atoms with E-state index in [0.29, 0.717) is 0 Å². The minimum atomic E-state index is -0.183. The van der Waals surface area contributed by atoms with Crippen LogP contribution in [-0.2, 0) is 13.5 Å². The van der Waals surface area contributed by atoms with Crippen LogP contribution in [0.15, 0.2) is 30.3 Å². The van der Waals surface area contributed by atoms with Crippen LogP contribution >= 0.6 is 0 Å². The molecule has 4 nitrogen and oxygen atoms in total. The Morgan fingerprint density at radius 1 is 1.39 bits per heavy atom. The van der Waals surface area contributed by atoms with E-state index in [1.165, 1.54) is 0 Å². The number of aromatic nitrogens is 2. The predicted molar refractivity (Wildman–Crippen MR) is 71.6 cm³/mol. The van der Waals surface area contributed by atoms with Crippen molar-refractivity contribution in [2.24, 2.45) is 12.8 Å². The fourth-order valence-corrected chi connectivity index (χ4v) is 2.01. The summed E-state index contributed by atoms with van der Waals surface area (Å²) in [5.41, 5.74) is 9.40. The first-order valence-electron chi connectivity index (χ1n) is 6.08. The molecule has 18 heavy (non-hydrogen) atoms. The highest BCUT2D eigenvalue weighted by molar-refractivity contribution is 5.34. The van der Waals surface area contributed by atoms with E-state index >= 15 is 0 Å². The van der Waals surface area contributed by atoms with Crippen LogP contribution in [0.4, 0.5) is 0 Å². The second-order valence-electron chi connectivity index (χ2n) is 4.29. The summed E-state index contributed by atoms with van der Waals surface area (Å²) in [6.45, 7) is 2.09. The van der Waals surface area contributed by atoms with Crippen molar-refractivity contribution in [3.63, 3.8) is 0 Å². The number of methoxy groups -OCH3 is 1. The summed E-state index contributed by atoms with van der Waals surface area (Å²) in [6, 6.07) is 9.71. The second kappa shape index (κ2) is 5.23. The lowest BCUT2D eigenvalue weighted by Gasteiger charge is -2.13. The van der Waals surface area contributed by atoms with E-state index in [9.17, 15) is 0 Å². The summed E-state index contributed by atoms with van der Waals surface area (Å²) in [6.07, 6.45) is 0.915. The van der Waals surface area contributed by atoms with Crippen LogP contribution in [0.1, 0.15) is 29.9 Å². The SMILES string of the molecule is CCc1cc(C(N)c2cccc(OC)c2)n(C)n1. The third kappa shape index (κ3) is 2.38. The zero-order chi connectivity index (χ0) is 13.1. The standard InChI is InChI=1S/C14H19N3O/c1-4-11-9-13(17(2)16-11)14(15)10-6-5-7-12(8-10)18-3/h5-9,14H,4,15H2,1-3H3. The number of nitrogens with two attached hydrogens (primary N) is 1. The Labute approximate surface area is 107 Å². The molecule has 0 bridgehead atoms. The van der Waals surface area contributed by atoms with Gasteiger partial charge in [-0.25, -0.2) is 0 Å². The molecule has 2 N–H and O–H groups in total. The lowest BCUT2D eigenvalue weighted by atomic mass is 10.0. The summed E-state index contributed by atoms with van der Waals surface area (Å²) in [7, 11) is 3.58. The molecule has 0 spiro atoms. The number of nitrogens with zero attached hydrogens (tertiary/aromatic N) is 2. The molecule has 1 heterocycles. The van der Waals surface area contributed by atoms with Gasteiger partial charge in [-0.2, -0.15) is 5.10 Å². The van der Waals surface area contributed by atoms with E-state index < -0.39 is 0 Å². The highest BCUT2D eigenvalue weighted by Crippen LogP contribution is 2.23. The van der Waals surface area contributed by atoms with Crippen LogP contribution in [0.25, 0.3) is 0 Å². The molecule has 2 aromatic rings. The topological polar surface area (TPSA) is 53.1 Å². The number of ether oxygens (including phenoxy) is 1. The molecule has 0 aliphatic rings. The Hall–Kier alpha value is -1.81. The minimum Gasteiger partial charge on any atom is -0.497 e. The maximum absolute atomic E-state index is 6.29. The molecule has 0 saturated carbocycles. The number of aryl methyl sites for hydroxylation is 2. The van der Waals surface area contributed by atoms with E-state index in [1.807, 2.05) is 36.0 Å². The Bertz CT molecular complexity index is 534. The Morgan fingerprint density at radius 3 is 2.78 bits per heavy atom. The van der Waals surface area contributed by atoms with Gasteiger partial charge >= 0.3 is 0 Å². The van der Waals surface area contributed by atoms with Crippen LogP contribution in [0.5, 0.6) is 5.75 Å². The Morgan fingerprint density at radius 2 is 2.17 bits per heavy atom. The molecule has 1 atom stereocenters. The molecule has 0 aliphatic heterocycles. The van der Waals surface area contributed by atoms with Crippen LogP contribution < -0.4 is 10.5 Å². The van der Waals surface area contributed by atoms with Gasteiger partial charge in [0.05, 0.1) is 24.5 Å². The second-order valence-corrected chi connectivity index (χ2v) is 4.29. The molecule has 4 heteroatoms. The first-order valence-corrected chi connectivity index (χ1v) is 6.08. The van der Waals surface area contributed by atoms with E-state index in [0.717, 1.165) is 29.1 Å². The average Bonchev–Trinajstić information content (AvgIpc) is 2.79. The van der Waals surface area contributed by atoms with Crippen LogP contribution in [-0.4, -0.2) is 16.9 Å². The van der Waals surface area contributed by atoms with Gasteiger partial charge in [-0.15, -0.1) is 0 Å². The highest BCUT2D eigenvalue weighted by Gasteiger charge is 2.14. The molecule has 0 saturated heterocycles. The van der Waals surface area contributed by atoms with Crippen molar-refractivity contribution in [1.82, 2.24) is 9.78 Å². The van der Waals surface area contributed by atoms with Crippen molar-refractivity contribution in [2.75, 3.05) is 7.11 Å². The Balaban J connectivity index is 2.34. The molecule has 1 aromatic carbocycles. The smallest absolute Gasteiger partial charge is 0.119 e. The fraction of sp³-hybridized carbons (Fsp3) is 0.357. The predicted octanol–water partition coefficient (Wildman–Crippen LogP) is 2.04. The van der Waals surface area contributed by atoms with Gasteiger partial charge in [-0.3, -0.25) is 4.68 Å². The number of hydrogen-bond acceptors (Lipinski definition) is 3. The van der Waals surface area contributed by atoms with Crippen LogP contribution in [0, 0.1) is 0 Å². The van der Waals surface area contributed by atoms with E-state index in [1.54, 1.807) is 7.11 Å². The van der Waals surface area contributed by atoms with Gasteiger partial charge in [-0.1, -0.05) is 19.1 Å². The van der Waals surface area contributed by atoms with Crippen molar-refractivity contribution in [1.29, 1.82) is 0 Å². The zero-order valence-electron chi connectivity index (χ0n) is 11.1. The summed E-state index contributed by atoms with van der Waals surface area (Å²) in [4.78, 5) is 0. The van der Waals surface area contributed by atoms with Crippen LogP contribution in [0.2, 0.25) is 0 Å². The van der Waals surface area contributed by atoms with Crippen molar-refractivity contribution in [2.45, 2.75) is 19.4 Å². The zero-order valence-corrected chi connectivity index (χ0v) is 11.1.